The number of carbonyl (C=O) groups excluding carboxylic acids is 1. The maximum Gasteiger partial charge on any atom is 0.239 e. The van der Waals surface area contributed by atoms with E-state index < -0.39 is 0 Å². The van der Waals surface area contributed by atoms with E-state index in [1.807, 2.05) is 0 Å². The standard InChI is InChI=1S/C17H31N3O/c1-14(2)20-11-5-6-16(20)17(21)19-12-7-15(8-13-19)18-9-3-4-10-18/h14-16H,3-13H2,1-2H3. The first-order valence-electron chi connectivity index (χ1n) is 8.95. The largest absolute Gasteiger partial charge is 0.341 e. The molecule has 21 heavy (non-hydrogen) atoms. The third-order valence-electron chi connectivity index (χ3n) is 5.68. The van der Waals surface area contributed by atoms with Crippen molar-refractivity contribution in [1.29, 1.82) is 0 Å². The molecule has 4 heteroatoms. The van der Waals surface area contributed by atoms with Crippen molar-refractivity contribution in [3.8, 4) is 0 Å². The van der Waals surface area contributed by atoms with Gasteiger partial charge in [0.1, 0.15) is 0 Å². The van der Waals surface area contributed by atoms with E-state index in [1.54, 1.807) is 0 Å². The maximum absolute atomic E-state index is 12.8. The Morgan fingerprint density at radius 1 is 0.905 bits per heavy atom. The molecule has 0 aromatic rings. The summed E-state index contributed by atoms with van der Waals surface area (Å²) >= 11 is 0. The molecule has 0 radical (unpaired) electrons. The lowest BCUT2D eigenvalue weighted by atomic mass is 10.0. The Morgan fingerprint density at radius 2 is 1.57 bits per heavy atom. The fourth-order valence-electron chi connectivity index (χ4n) is 4.44. The van der Waals surface area contributed by atoms with E-state index in [-0.39, 0.29) is 6.04 Å². The van der Waals surface area contributed by atoms with Gasteiger partial charge in [0, 0.05) is 25.2 Å². The summed E-state index contributed by atoms with van der Waals surface area (Å²) in [5, 5.41) is 0. The van der Waals surface area contributed by atoms with E-state index in [0.717, 1.165) is 32.1 Å². The number of nitrogens with zero attached hydrogens (tertiary/aromatic N) is 3. The lowest BCUT2D eigenvalue weighted by Gasteiger charge is -2.39. The summed E-state index contributed by atoms with van der Waals surface area (Å²) in [4.78, 5) is 20.0. The van der Waals surface area contributed by atoms with Crippen molar-refractivity contribution < 1.29 is 4.79 Å². The Hall–Kier alpha value is -0.610. The molecule has 0 saturated carbocycles. The predicted molar refractivity (Wildman–Crippen MR) is 85.3 cm³/mol. The summed E-state index contributed by atoms with van der Waals surface area (Å²) in [6, 6.07) is 1.39. The van der Waals surface area contributed by atoms with Crippen LogP contribution in [-0.4, -0.2) is 71.5 Å². The summed E-state index contributed by atoms with van der Waals surface area (Å²) in [6.45, 7) is 10.0. The quantitative estimate of drug-likeness (QED) is 0.796. The average molecular weight is 293 g/mol. The van der Waals surface area contributed by atoms with Crippen LogP contribution in [0, 0.1) is 0 Å². The molecule has 0 N–H and O–H groups in total. The molecule has 0 aromatic carbocycles. The summed E-state index contributed by atoms with van der Waals surface area (Å²) in [5.74, 6) is 0.404. The first kappa shape index (κ1) is 15.3. The van der Waals surface area contributed by atoms with Crippen LogP contribution in [0.1, 0.15) is 52.4 Å². The molecule has 3 heterocycles. The van der Waals surface area contributed by atoms with Crippen molar-refractivity contribution in [3.63, 3.8) is 0 Å². The Kier molecular flexibility index (Phi) is 4.85. The second kappa shape index (κ2) is 6.66. The average Bonchev–Trinajstić information content (AvgIpc) is 3.18. The Labute approximate surface area is 129 Å². The molecule has 3 aliphatic rings. The molecule has 1 atom stereocenters. The van der Waals surface area contributed by atoms with Gasteiger partial charge >= 0.3 is 0 Å². The second-order valence-corrected chi connectivity index (χ2v) is 7.29. The number of amides is 1. The second-order valence-electron chi connectivity index (χ2n) is 7.29. The van der Waals surface area contributed by atoms with E-state index >= 15 is 0 Å². The number of rotatable bonds is 3. The van der Waals surface area contributed by atoms with Crippen molar-refractivity contribution in [2.24, 2.45) is 0 Å². The third kappa shape index (κ3) is 3.26. The normalized spacial score (nSPS) is 29.7. The van der Waals surface area contributed by atoms with Gasteiger partial charge in [-0.25, -0.2) is 0 Å². The van der Waals surface area contributed by atoms with Gasteiger partial charge in [-0.2, -0.15) is 0 Å². The van der Waals surface area contributed by atoms with Gasteiger partial charge in [-0.15, -0.1) is 0 Å². The fraction of sp³-hybridized carbons (Fsp3) is 0.941. The van der Waals surface area contributed by atoms with E-state index in [2.05, 4.69) is 28.5 Å². The molecule has 0 aliphatic carbocycles. The Balaban J connectivity index is 1.52. The monoisotopic (exact) mass is 293 g/mol. The molecule has 120 valence electrons. The minimum atomic E-state index is 0.160. The van der Waals surface area contributed by atoms with Crippen LogP contribution < -0.4 is 0 Å². The zero-order valence-electron chi connectivity index (χ0n) is 13.8. The van der Waals surface area contributed by atoms with Crippen LogP contribution in [-0.2, 0) is 4.79 Å². The smallest absolute Gasteiger partial charge is 0.239 e. The number of hydrogen-bond acceptors (Lipinski definition) is 3. The fourth-order valence-corrected chi connectivity index (χ4v) is 4.44. The van der Waals surface area contributed by atoms with Crippen LogP contribution in [0.15, 0.2) is 0 Å². The SMILES string of the molecule is CC(C)N1CCCC1C(=O)N1CCC(N2CCCC2)CC1. The molecule has 3 fully saturated rings. The lowest BCUT2D eigenvalue weighted by molar-refractivity contribution is -0.138. The Bertz CT molecular complexity index is 357. The summed E-state index contributed by atoms with van der Waals surface area (Å²) in [6.07, 6.45) is 7.33. The van der Waals surface area contributed by atoms with Crippen LogP contribution in [0.5, 0.6) is 0 Å². The van der Waals surface area contributed by atoms with Crippen molar-refractivity contribution in [1.82, 2.24) is 14.7 Å². The first-order valence-corrected chi connectivity index (χ1v) is 8.95. The maximum atomic E-state index is 12.8. The van der Waals surface area contributed by atoms with Crippen molar-refractivity contribution in [2.45, 2.75) is 70.5 Å². The van der Waals surface area contributed by atoms with Crippen molar-refractivity contribution in [2.75, 3.05) is 32.7 Å². The molecular weight excluding hydrogens is 262 g/mol. The van der Waals surface area contributed by atoms with Crippen LogP contribution >= 0.6 is 0 Å². The summed E-state index contributed by atoms with van der Waals surface area (Å²) in [7, 11) is 0. The number of likely N-dealkylation sites (tertiary alicyclic amines) is 3. The molecule has 3 saturated heterocycles. The number of piperidine rings is 1. The van der Waals surface area contributed by atoms with E-state index in [4.69, 9.17) is 0 Å². The third-order valence-corrected chi connectivity index (χ3v) is 5.68. The topological polar surface area (TPSA) is 26.8 Å². The first-order chi connectivity index (χ1) is 10.2. The number of hydrogen-bond donors (Lipinski definition) is 0. The van der Waals surface area contributed by atoms with Crippen molar-refractivity contribution in [3.05, 3.63) is 0 Å². The highest BCUT2D eigenvalue weighted by molar-refractivity contribution is 5.82. The van der Waals surface area contributed by atoms with Crippen LogP contribution in [0.3, 0.4) is 0 Å². The van der Waals surface area contributed by atoms with Gasteiger partial charge in [-0.3, -0.25) is 9.69 Å². The Morgan fingerprint density at radius 3 is 2.19 bits per heavy atom. The molecule has 4 nitrogen and oxygen atoms in total. The van der Waals surface area contributed by atoms with Gasteiger partial charge in [-0.1, -0.05) is 0 Å². The number of carbonyl (C=O) groups is 1. The van der Waals surface area contributed by atoms with Gasteiger partial charge < -0.3 is 9.80 Å². The lowest BCUT2D eigenvalue weighted by Crippen LogP contribution is -2.52. The van der Waals surface area contributed by atoms with Gasteiger partial charge in [-0.05, 0) is 72.0 Å². The molecule has 0 aromatic heterocycles. The molecule has 3 rings (SSSR count). The summed E-state index contributed by atoms with van der Waals surface area (Å²) < 4.78 is 0. The van der Waals surface area contributed by atoms with Gasteiger partial charge in [0.2, 0.25) is 5.91 Å². The van der Waals surface area contributed by atoms with E-state index in [0.29, 0.717) is 11.9 Å². The van der Waals surface area contributed by atoms with Crippen LogP contribution in [0.2, 0.25) is 0 Å². The highest BCUT2D eigenvalue weighted by Crippen LogP contribution is 2.25. The predicted octanol–water partition coefficient (Wildman–Crippen LogP) is 1.95. The van der Waals surface area contributed by atoms with Crippen LogP contribution in [0.25, 0.3) is 0 Å². The van der Waals surface area contributed by atoms with E-state index in [1.165, 1.54) is 45.2 Å². The molecule has 1 unspecified atom stereocenters. The molecule has 0 bridgehead atoms. The minimum Gasteiger partial charge on any atom is -0.341 e. The van der Waals surface area contributed by atoms with Gasteiger partial charge in [0.25, 0.3) is 0 Å². The zero-order chi connectivity index (χ0) is 14.8. The molecule has 1 amide bonds. The molecule has 0 spiro atoms. The van der Waals surface area contributed by atoms with Crippen molar-refractivity contribution >= 4 is 5.91 Å². The summed E-state index contributed by atoms with van der Waals surface area (Å²) in [5.41, 5.74) is 0. The van der Waals surface area contributed by atoms with Gasteiger partial charge in [0.05, 0.1) is 6.04 Å². The minimum absolute atomic E-state index is 0.160. The molecule has 3 aliphatic heterocycles. The highest BCUT2D eigenvalue weighted by Gasteiger charge is 2.36. The highest BCUT2D eigenvalue weighted by atomic mass is 16.2. The zero-order valence-corrected chi connectivity index (χ0v) is 13.8. The van der Waals surface area contributed by atoms with E-state index in [9.17, 15) is 4.79 Å². The van der Waals surface area contributed by atoms with Crippen LogP contribution in [0.4, 0.5) is 0 Å². The molecular formula is C17H31N3O. The van der Waals surface area contributed by atoms with Gasteiger partial charge in [0.15, 0.2) is 0 Å².